The first kappa shape index (κ1) is 16.0. The van der Waals surface area contributed by atoms with E-state index in [-0.39, 0.29) is 12.0 Å². The van der Waals surface area contributed by atoms with E-state index in [2.05, 4.69) is 35.2 Å². The molecule has 3 nitrogen and oxygen atoms in total. The fraction of sp³-hybridized carbons (Fsp3) is 0.611. The Kier molecular flexibility index (Phi) is 6.74. The molecule has 2 rings (SSSR count). The van der Waals surface area contributed by atoms with Crippen molar-refractivity contribution < 1.29 is 9.53 Å². The second-order valence-electron chi connectivity index (χ2n) is 5.74. The third-order valence-electron chi connectivity index (χ3n) is 4.18. The van der Waals surface area contributed by atoms with Crippen LogP contribution in [0.15, 0.2) is 30.3 Å². The van der Waals surface area contributed by atoms with Crippen molar-refractivity contribution in [2.75, 3.05) is 19.7 Å². The summed E-state index contributed by atoms with van der Waals surface area (Å²) in [6.07, 6.45) is 6.75. The molecular formula is C18H27NO2. The zero-order valence-electron chi connectivity index (χ0n) is 13.1. The van der Waals surface area contributed by atoms with E-state index in [1.54, 1.807) is 0 Å². The summed E-state index contributed by atoms with van der Waals surface area (Å²) in [7, 11) is 0. The number of esters is 1. The predicted molar refractivity (Wildman–Crippen MR) is 85.2 cm³/mol. The minimum absolute atomic E-state index is 0.00424. The first-order chi connectivity index (χ1) is 10.3. The molecule has 0 bridgehead atoms. The molecule has 1 fully saturated rings. The number of hydrogen-bond acceptors (Lipinski definition) is 3. The second kappa shape index (κ2) is 8.83. The molecule has 1 atom stereocenters. The van der Waals surface area contributed by atoms with Gasteiger partial charge in [-0.2, -0.15) is 0 Å². The lowest BCUT2D eigenvalue weighted by molar-refractivity contribution is -0.150. The van der Waals surface area contributed by atoms with Crippen molar-refractivity contribution in [2.45, 2.75) is 51.5 Å². The van der Waals surface area contributed by atoms with E-state index < -0.39 is 0 Å². The van der Waals surface area contributed by atoms with Crippen LogP contribution in [0.1, 0.15) is 44.6 Å². The second-order valence-corrected chi connectivity index (χ2v) is 5.74. The van der Waals surface area contributed by atoms with Crippen molar-refractivity contribution in [3.8, 4) is 0 Å². The van der Waals surface area contributed by atoms with Gasteiger partial charge in [0.25, 0.3) is 0 Å². The number of carbonyl (C=O) groups excluding carboxylic acids is 1. The number of carbonyl (C=O) groups is 1. The van der Waals surface area contributed by atoms with Gasteiger partial charge in [-0.05, 0) is 57.7 Å². The third-order valence-corrected chi connectivity index (χ3v) is 4.18. The van der Waals surface area contributed by atoms with Crippen molar-refractivity contribution in [3.05, 3.63) is 35.9 Å². The lowest BCUT2D eigenvalue weighted by atomic mass is 10.0. The van der Waals surface area contributed by atoms with Crippen LogP contribution in [0.25, 0.3) is 0 Å². The smallest absolute Gasteiger partial charge is 0.323 e. The molecule has 1 aromatic rings. The van der Waals surface area contributed by atoms with Gasteiger partial charge >= 0.3 is 5.97 Å². The van der Waals surface area contributed by atoms with Gasteiger partial charge in [0.15, 0.2) is 0 Å². The maximum atomic E-state index is 12.0. The van der Waals surface area contributed by atoms with Gasteiger partial charge in [0.1, 0.15) is 6.04 Å². The fourth-order valence-electron chi connectivity index (χ4n) is 3.05. The Morgan fingerprint density at radius 1 is 1.24 bits per heavy atom. The highest BCUT2D eigenvalue weighted by atomic mass is 16.5. The molecule has 1 aliphatic rings. The van der Waals surface area contributed by atoms with Crippen LogP contribution in [-0.4, -0.2) is 36.6 Å². The molecule has 0 N–H and O–H groups in total. The van der Waals surface area contributed by atoms with Gasteiger partial charge in [-0.25, -0.2) is 0 Å². The summed E-state index contributed by atoms with van der Waals surface area (Å²) in [4.78, 5) is 14.3. The molecule has 1 aliphatic heterocycles. The molecule has 0 aliphatic carbocycles. The minimum atomic E-state index is -0.0275. The molecule has 3 heteroatoms. The van der Waals surface area contributed by atoms with Gasteiger partial charge in [-0.15, -0.1) is 0 Å². The summed E-state index contributed by atoms with van der Waals surface area (Å²) in [6, 6.07) is 10.6. The number of ether oxygens (including phenoxy) is 1. The van der Waals surface area contributed by atoms with Crippen LogP contribution in [0.3, 0.4) is 0 Å². The Morgan fingerprint density at radius 2 is 2.05 bits per heavy atom. The summed E-state index contributed by atoms with van der Waals surface area (Å²) in [6.45, 7) is 4.41. The lowest BCUT2D eigenvalue weighted by Gasteiger charge is -2.33. The number of aryl methyl sites for hydroxylation is 1. The number of unbranched alkanes of at least 4 members (excludes halogenated alkanes) is 1. The van der Waals surface area contributed by atoms with E-state index in [1.165, 1.54) is 18.4 Å². The highest BCUT2D eigenvalue weighted by Gasteiger charge is 2.29. The van der Waals surface area contributed by atoms with E-state index in [4.69, 9.17) is 4.74 Å². The van der Waals surface area contributed by atoms with Crippen molar-refractivity contribution in [1.82, 2.24) is 4.90 Å². The Hall–Kier alpha value is -1.35. The van der Waals surface area contributed by atoms with Gasteiger partial charge in [0.05, 0.1) is 6.61 Å². The molecule has 116 valence electrons. The number of likely N-dealkylation sites (tertiary alicyclic amines) is 1. The quantitative estimate of drug-likeness (QED) is 0.569. The molecule has 0 saturated carbocycles. The number of hydrogen-bond donors (Lipinski definition) is 0. The average molecular weight is 289 g/mol. The summed E-state index contributed by atoms with van der Waals surface area (Å²) >= 11 is 0. The van der Waals surface area contributed by atoms with Gasteiger partial charge in [-0.1, -0.05) is 36.8 Å². The first-order valence-electron chi connectivity index (χ1n) is 8.26. The molecule has 0 aromatic heterocycles. The van der Waals surface area contributed by atoms with Crippen LogP contribution in [0.5, 0.6) is 0 Å². The first-order valence-corrected chi connectivity index (χ1v) is 8.26. The monoisotopic (exact) mass is 289 g/mol. The molecule has 0 amide bonds. The molecule has 1 unspecified atom stereocenters. The van der Waals surface area contributed by atoms with Crippen LogP contribution < -0.4 is 0 Å². The van der Waals surface area contributed by atoms with Gasteiger partial charge in [0, 0.05) is 0 Å². The van der Waals surface area contributed by atoms with E-state index in [9.17, 15) is 4.79 Å². The molecule has 0 spiro atoms. The van der Waals surface area contributed by atoms with Gasteiger partial charge < -0.3 is 4.74 Å². The van der Waals surface area contributed by atoms with Crippen LogP contribution in [0, 0.1) is 0 Å². The Balaban J connectivity index is 1.73. The SMILES string of the molecule is CCOC(=O)C1CCCCN1CCCCc1ccccc1. The topological polar surface area (TPSA) is 29.5 Å². The number of piperidine rings is 1. The largest absolute Gasteiger partial charge is 0.465 e. The Labute approximate surface area is 128 Å². The Morgan fingerprint density at radius 3 is 2.81 bits per heavy atom. The Bertz CT molecular complexity index is 418. The van der Waals surface area contributed by atoms with E-state index in [0.717, 1.165) is 38.8 Å². The molecule has 1 heterocycles. The van der Waals surface area contributed by atoms with E-state index >= 15 is 0 Å². The molecule has 1 saturated heterocycles. The van der Waals surface area contributed by atoms with E-state index in [1.807, 2.05) is 6.92 Å². The maximum absolute atomic E-state index is 12.0. The lowest BCUT2D eigenvalue weighted by Crippen LogP contribution is -2.45. The summed E-state index contributed by atoms with van der Waals surface area (Å²) in [5, 5.41) is 0. The van der Waals surface area contributed by atoms with Gasteiger partial charge in [-0.3, -0.25) is 9.69 Å². The van der Waals surface area contributed by atoms with Crippen LogP contribution in [0.2, 0.25) is 0 Å². The highest BCUT2D eigenvalue weighted by molar-refractivity contribution is 5.75. The average Bonchev–Trinajstić information content (AvgIpc) is 2.53. The van der Waals surface area contributed by atoms with Crippen LogP contribution >= 0.6 is 0 Å². The normalized spacial score (nSPS) is 19.4. The van der Waals surface area contributed by atoms with Crippen molar-refractivity contribution in [3.63, 3.8) is 0 Å². The third kappa shape index (κ3) is 5.16. The van der Waals surface area contributed by atoms with Crippen molar-refractivity contribution >= 4 is 5.97 Å². The van der Waals surface area contributed by atoms with Gasteiger partial charge in [0.2, 0.25) is 0 Å². The number of nitrogens with zero attached hydrogens (tertiary/aromatic N) is 1. The summed E-state index contributed by atoms with van der Waals surface area (Å²) < 4.78 is 5.21. The fourth-order valence-corrected chi connectivity index (χ4v) is 3.05. The molecule has 0 radical (unpaired) electrons. The van der Waals surface area contributed by atoms with Crippen molar-refractivity contribution in [2.24, 2.45) is 0 Å². The zero-order chi connectivity index (χ0) is 14.9. The summed E-state index contributed by atoms with van der Waals surface area (Å²) in [5.41, 5.74) is 1.40. The molecule has 1 aromatic carbocycles. The maximum Gasteiger partial charge on any atom is 0.323 e. The predicted octanol–water partition coefficient (Wildman–Crippen LogP) is 3.43. The molecular weight excluding hydrogens is 262 g/mol. The number of benzene rings is 1. The van der Waals surface area contributed by atoms with Crippen LogP contribution in [-0.2, 0) is 16.0 Å². The highest BCUT2D eigenvalue weighted by Crippen LogP contribution is 2.19. The number of rotatable bonds is 7. The van der Waals surface area contributed by atoms with E-state index in [0.29, 0.717) is 6.61 Å². The van der Waals surface area contributed by atoms with Crippen LogP contribution in [0.4, 0.5) is 0 Å². The van der Waals surface area contributed by atoms with Crippen molar-refractivity contribution in [1.29, 1.82) is 0 Å². The summed E-state index contributed by atoms with van der Waals surface area (Å²) in [5.74, 6) is -0.0275. The standard InChI is InChI=1S/C18H27NO2/c1-2-21-18(20)17-13-7-9-15-19(17)14-8-6-12-16-10-4-3-5-11-16/h3-5,10-11,17H,2,6-9,12-15H2,1H3. The minimum Gasteiger partial charge on any atom is -0.465 e. The molecule has 21 heavy (non-hydrogen) atoms. The zero-order valence-corrected chi connectivity index (χ0v) is 13.1.